The molecule has 0 aromatic heterocycles. The van der Waals surface area contributed by atoms with Gasteiger partial charge in [0.25, 0.3) is 0 Å². The highest BCUT2D eigenvalue weighted by Gasteiger charge is 2.21. The molecule has 0 saturated carbocycles. The summed E-state index contributed by atoms with van der Waals surface area (Å²) in [7, 11) is 1.54. The molecule has 1 aliphatic heterocycles. The first-order valence-corrected chi connectivity index (χ1v) is 8.42. The van der Waals surface area contributed by atoms with Crippen molar-refractivity contribution in [2.24, 2.45) is 0 Å². The first kappa shape index (κ1) is 17.9. The number of esters is 1. The highest BCUT2D eigenvalue weighted by Crippen LogP contribution is 2.34. The molecule has 0 N–H and O–H groups in total. The molecule has 1 unspecified atom stereocenters. The van der Waals surface area contributed by atoms with Crippen LogP contribution in [0.3, 0.4) is 0 Å². The van der Waals surface area contributed by atoms with Gasteiger partial charge in [-0.1, -0.05) is 29.3 Å². The summed E-state index contributed by atoms with van der Waals surface area (Å²) in [6.07, 6.45) is 0.737. The molecule has 3 rings (SSSR count). The summed E-state index contributed by atoms with van der Waals surface area (Å²) in [6.45, 7) is 1.18. The average molecular weight is 383 g/mol. The minimum atomic E-state index is -0.643. The lowest BCUT2D eigenvalue weighted by Crippen LogP contribution is -2.16. The Morgan fingerprint density at radius 2 is 1.92 bits per heavy atom. The van der Waals surface area contributed by atoms with Crippen molar-refractivity contribution in [3.8, 4) is 17.2 Å². The van der Waals surface area contributed by atoms with Crippen LogP contribution in [0.2, 0.25) is 10.0 Å². The van der Waals surface area contributed by atoms with Crippen molar-refractivity contribution in [3.63, 3.8) is 0 Å². The predicted molar refractivity (Wildman–Crippen MR) is 94.3 cm³/mol. The first-order chi connectivity index (χ1) is 12.1. The molecule has 1 saturated heterocycles. The summed E-state index contributed by atoms with van der Waals surface area (Å²) in [4.78, 5) is 12.4. The van der Waals surface area contributed by atoms with Crippen molar-refractivity contribution in [1.29, 1.82) is 0 Å². The molecule has 5 nitrogen and oxygen atoms in total. The van der Waals surface area contributed by atoms with Gasteiger partial charge in [-0.2, -0.15) is 0 Å². The molecule has 0 bridgehead atoms. The summed E-state index contributed by atoms with van der Waals surface area (Å²) in [6, 6.07) is 9.69. The Balaban J connectivity index is 1.81. The van der Waals surface area contributed by atoms with Crippen molar-refractivity contribution in [2.75, 3.05) is 20.3 Å². The van der Waals surface area contributed by atoms with Crippen LogP contribution in [0, 0.1) is 0 Å². The number of benzene rings is 2. The first-order valence-electron chi connectivity index (χ1n) is 7.67. The number of methoxy groups -OCH3 is 1. The smallest absolute Gasteiger partial charge is 0.346 e. The molecule has 0 aliphatic carbocycles. The van der Waals surface area contributed by atoms with Crippen LogP contribution in [-0.4, -0.2) is 32.4 Å². The van der Waals surface area contributed by atoms with E-state index in [1.807, 2.05) is 0 Å². The van der Waals surface area contributed by atoms with Crippen LogP contribution in [0.25, 0.3) is 0 Å². The number of halogens is 2. The molecule has 0 spiro atoms. The maximum Gasteiger partial charge on any atom is 0.346 e. The second-order valence-electron chi connectivity index (χ2n) is 5.40. The van der Waals surface area contributed by atoms with Gasteiger partial charge in [0.2, 0.25) is 0 Å². The zero-order valence-corrected chi connectivity index (χ0v) is 15.0. The van der Waals surface area contributed by atoms with E-state index in [4.69, 9.17) is 42.1 Å². The molecule has 1 aliphatic rings. The van der Waals surface area contributed by atoms with Gasteiger partial charge in [-0.25, -0.2) is 4.79 Å². The van der Waals surface area contributed by atoms with Gasteiger partial charge in [0.1, 0.15) is 11.9 Å². The fourth-order valence-electron chi connectivity index (χ4n) is 2.45. The molecular formula is C18H16Cl2O5. The van der Waals surface area contributed by atoms with E-state index in [1.54, 1.807) is 43.5 Å². The van der Waals surface area contributed by atoms with Gasteiger partial charge in [0.15, 0.2) is 11.5 Å². The van der Waals surface area contributed by atoms with E-state index in [2.05, 4.69) is 0 Å². The predicted octanol–water partition coefficient (Wildman–Crippen LogP) is 4.39. The molecular weight excluding hydrogens is 367 g/mol. The standard InChI is InChI=1S/C18H16Cl2O5/c1-22-15-6-5-11(9-16(15)24-12-7-8-23-10-12)25-18(21)17-13(19)3-2-4-14(17)20/h2-6,9,12H,7-8,10H2,1H3. The number of hydrogen-bond acceptors (Lipinski definition) is 5. The van der Waals surface area contributed by atoms with Crippen LogP contribution in [0.5, 0.6) is 17.2 Å². The Hall–Kier alpha value is -1.95. The van der Waals surface area contributed by atoms with Crippen molar-refractivity contribution in [2.45, 2.75) is 12.5 Å². The lowest BCUT2D eigenvalue weighted by molar-refractivity contribution is 0.0734. The summed E-state index contributed by atoms with van der Waals surface area (Å²) >= 11 is 12.1. The topological polar surface area (TPSA) is 54.0 Å². The fourth-order valence-corrected chi connectivity index (χ4v) is 3.00. The number of carbonyl (C=O) groups is 1. The van der Waals surface area contributed by atoms with E-state index < -0.39 is 5.97 Å². The number of ether oxygens (including phenoxy) is 4. The van der Waals surface area contributed by atoms with Gasteiger partial charge >= 0.3 is 5.97 Å². The maximum absolute atomic E-state index is 12.4. The van der Waals surface area contributed by atoms with Crippen molar-refractivity contribution in [1.82, 2.24) is 0 Å². The summed E-state index contributed by atoms with van der Waals surface area (Å²) in [5.41, 5.74) is 0.119. The molecule has 25 heavy (non-hydrogen) atoms. The highest BCUT2D eigenvalue weighted by atomic mass is 35.5. The third-order valence-electron chi connectivity index (χ3n) is 3.69. The van der Waals surface area contributed by atoms with E-state index in [0.717, 1.165) is 6.42 Å². The maximum atomic E-state index is 12.4. The molecule has 1 atom stereocenters. The molecule has 0 amide bonds. The van der Waals surface area contributed by atoms with Crippen LogP contribution in [0.4, 0.5) is 0 Å². The lowest BCUT2D eigenvalue weighted by atomic mass is 10.2. The second-order valence-corrected chi connectivity index (χ2v) is 6.22. The van der Waals surface area contributed by atoms with Crippen molar-refractivity contribution >= 4 is 29.2 Å². The zero-order chi connectivity index (χ0) is 17.8. The molecule has 7 heteroatoms. The number of carbonyl (C=O) groups excluding carboxylic acids is 1. The highest BCUT2D eigenvalue weighted by molar-refractivity contribution is 6.39. The van der Waals surface area contributed by atoms with Crippen molar-refractivity contribution < 1.29 is 23.7 Å². The normalized spacial score (nSPS) is 16.5. The van der Waals surface area contributed by atoms with Crippen LogP contribution in [-0.2, 0) is 4.74 Å². The van der Waals surface area contributed by atoms with Gasteiger partial charge in [0.05, 0.1) is 35.9 Å². The van der Waals surface area contributed by atoms with Gasteiger partial charge in [-0.15, -0.1) is 0 Å². The van der Waals surface area contributed by atoms with Crippen LogP contribution >= 0.6 is 23.2 Å². The van der Waals surface area contributed by atoms with E-state index in [-0.39, 0.29) is 21.7 Å². The van der Waals surface area contributed by atoms with E-state index in [9.17, 15) is 4.79 Å². The average Bonchev–Trinajstić information content (AvgIpc) is 3.08. The Labute approximate surface area is 155 Å². The van der Waals surface area contributed by atoms with Gasteiger partial charge < -0.3 is 18.9 Å². The molecule has 0 radical (unpaired) electrons. The Bertz CT molecular complexity index is 752. The summed E-state index contributed by atoms with van der Waals surface area (Å²) in [5.74, 6) is 0.683. The minimum absolute atomic E-state index is 0.0575. The summed E-state index contributed by atoms with van der Waals surface area (Å²) < 4.78 is 21.9. The third kappa shape index (κ3) is 4.18. The van der Waals surface area contributed by atoms with Crippen LogP contribution < -0.4 is 14.2 Å². The van der Waals surface area contributed by atoms with E-state index in [0.29, 0.717) is 30.5 Å². The van der Waals surface area contributed by atoms with Gasteiger partial charge in [-0.3, -0.25) is 0 Å². The third-order valence-corrected chi connectivity index (χ3v) is 4.32. The van der Waals surface area contributed by atoms with Gasteiger partial charge in [0, 0.05) is 12.5 Å². The largest absolute Gasteiger partial charge is 0.493 e. The van der Waals surface area contributed by atoms with Crippen LogP contribution in [0.1, 0.15) is 16.8 Å². The Kier molecular flexibility index (Phi) is 5.68. The molecule has 132 valence electrons. The SMILES string of the molecule is COc1ccc(OC(=O)c2c(Cl)cccc2Cl)cc1OC1CCOC1. The molecule has 1 fully saturated rings. The lowest BCUT2D eigenvalue weighted by Gasteiger charge is -2.16. The molecule has 2 aromatic carbocycles. The second kappa shape index (κ2) is 7.95. The van der Waals surface area contributed by atoms with Gasteiger partial charge in [-0.05, 0) is 24.3 Å². The van der Waals surface area contributed by atoms with E-state index in [1.165, 1.54) is 0 Å². The molecule has 1 heterocycles. The molecule has 2 aromatic rings. The minimum Gasteiger partial charge on any atom is -0.493 e. The Morgan fingerprint density at radius 1 is 1.16 bits per heavy atom. The quantitative estimate of drug-likeness (QED) is 0.566. The van der Waals surface area contributed by atoms with Crippen molar-refractivity contribution in [3.05, 3.63) is 52.0 Å². The Morgan fingerprint density at radius 3 is 2.56 bits per heavy atom. The zero-order valence-electron chi connectivity index (χ0n) is 13.5. The summed E-state index contributed by atoms with van der Waals surface area (Å²) in [5, 5.41) is 0.455. The monoisotopic (exact) mass is 382 g/mol. The van der Waals surface area contributed by atoms with E-state index >= 15 is 0 Å². The van der Waals surface area contributed by atoms with Crippen LogP contribution in [0.15, 0.2) is 36.4 Å². The fraction of sp³-hybridized carbons (Fsp3) is 0.278. The number of hydrogen-bond donors (Lipinski definition) is 0. The number of rotatable bonds is 5.